The molecule has 0 spiro atoms. The number of phenolic OH excluding ortho intramolecular Hbond substituents is 1. The number of para-hydroxylation sites is 1. The van der Waals surface area contributed by atoms with E-state index >= 15 is 0 Å². The summed E-state index contributed by atoms with van der Waals surface area (Å²) in [5.41, 5.74) is 0.824. The predicted octanol–water partition coefficient (Wildman–Crippen LogP) is 2.21. The highest BCUT2D eigenvalue weighted by Crippen LogP contribution is 2.30. The Hall–Kier alpha value is -1.97. The highest BCUT2D eigenvalue weighted by Gasteiger charge is 2.10. The molecule has 0 fully saturated rings. The first-order chi connectivity index (χ1) is 8.26. The van der Waals surface area contributed by atoms with Crippen LogP contribution < -0.4 is 4.74 Å². The van der Waals surface area contributed by atoms with Gasteiger partial charge in [0.15, 0.2) is 11.5 Å². The topological polar surface area (TPSA) is 47.3 Å². The second kappa shape index (κ2) is 4.91. The first-order valence-electron chi connectivity index (χ1n) is 5.61. The van der Waals surface area contributed by atoms with E-state index in [0.717, 1.165) is 17.9 Å². The van der Waals surface area contributed by atoms with Crippen molar-refractivity contribution in [2.75, 3.05) is 7.11 Å². The SMILES string of the molecule is CCn1ccnc1Cc1cccc(OC)c1O. The minimum Gasteiger partial charge on any atom is -0.504 e. The molecular formula is C13H16N2O2. The molecule has 0 saturated carbocycles. The third kappa shape index (κ3) is 2.25. The number of rotatable bonds is 4. The van der Waals surface area contributed by atoms with Crippen LogP contribution in [0.1, 0.15) is 18.3 Å². The zero-order chi connectivity index (χ0) is 12.3. The van der Waals surface area contributed by atoms with Gasteiger partial charge in [-0.15, -0.1) is 0 Å². The Bertz CT molecular complexity index is 506. The molecule has 0 amide bonds. The number of nitrogens with zero attached hydrogens (tertiary/aromatic N) is 2. The average Bonchev–Trinajstić information content (AvgIpc) is 2.79. The summed E-state index contributed by atoms with van der Waals surface area (Å²) in [6.07, 6.45) is 4.31. The van der Waals surface area contributed by atoms with Gasteiger partial charge in [0.05, 0.1) is 7.11 Å². The third-order valence-electron chi connectivity index (χ3n) is 2.79. The minimum absolute atomic E-state index is 0.195. The molecule has 0 aliphatic heterocycles. The normalized spacial score (nSPS) is 10.5. The van der Waals surface area contributed by atoms with E-state index in [0.29, 0.717) is 12.2 Å². The smallest absolute Gasteiger partial charge is 0.161 e. The second-order valence-corrected chi connectivity index (χ2v) is 3.77. The van der Waals surface area contributed by atoms with Gasteiger partial charge in [0.2, 0.25) is 0 Å². The van der Waals surface area contributed by atoms with Gasteiger partial charge in [-0.05, 0) is 13.0 Å². The Kier molecular flexibility index (Phi) is 3.32. The molecular weight excluding hydrogens is 216 g/mol. The van der Waals surface area contributed by atoms with Crippen LogP contribution in [0.2, 0.25) is 0 Å². The van der Waals surface area contributed by atoms with Crippen LogP contribution in [0, 0.1) is 0 Å². The lowest BCUT2D eigenvalue weighted by atomic mass is 10.1. The van der Waals surface area contributed by atoms with Crippen LogP contribution >= 0.6 is 0 Å². The molecule has 1 heterocycles. The molecule has 2 rings (SSSR count). The van der Waals surface area contributed by atoms with E-state index in [4.69, 9.17) is 4.74 Å². The standard InChI is InChI=1S/C13H16N2O2/c1-3-15-8-7-14-12(15)9-10-5-4-6-11(17-2)13(10)16/h4-8,16H,3,9H2,1-2H3. The van der Waals surface area contributed by atoms with Crippen molar-refractivity contribution in [3.05, 3.63) is 42.0 Å². The first kappa shape index (κ1) is 11.5. The predicted molar refractivity (Wildman–Crippen MR) is 65.4 cm³/mol. The minimum atomic E-state index is 0.195. The summed E-state index contributed by atoms with van der Waals surface area (Å²) >= 11 is 0. The maximum Gasteiger partial charge on any atom is 0.161 e. The molecule has 2 aromatic rings. The molecule has 0 unspecified atom stereocenters. The molecule has 0 saturated heterocycles. The van der Waals surface area contributed by atoms with Crippen molar-refractivity contribution in [1.29, 1.82) is 0 Å². The molecule has 4 nitrogen and oxygen atoms in total. The Balaban J connectivity index is 2.30. The highest BCUT2D eigenvalue weighted by molar-refractivity contribution is 5.46. The summed E-state index contributed by atoms with van der Waals surface area (Å²) < 4.78 is 7.14. The van der Waals surface area contributed by atoms with Gasteiger partial charge in [0, 0.05) is 30.9 Å². The Morgan fingerprint density at radius 3 is 2.94 bits per heavy atom. The molecule has 90 valence electrons. The number of ether oxygens (including phenoxy) is 1. The fourth-order valence-electron chi connectivity index (χ4n) is 1.84. The number of hydrogen-bond acceptors (Lipinski definition) is 3. The van der Waals surface area contributed by atoms with E-state index in [-0.39, 0.29) is 5.75 Å². The molecule has 17 heavy (non-hydrogen) atoms. The summed E-state index contributed by atoms with van der Waals surface area (Å²) in [5.74, 6) is 1.63. The van der Waals surface area contributed by atoms with Crippen molar-refractivity contribution in [1.82, 2.24) is 9.55 Å². The highest BCUT2D eigenvalue weighted by atomic mass is 16.5. The maximum atomic E-state index is 9.99. The number of aromatic hydroxyl groups is 1. The lowest BCUT2D eigenvalue weighted by molar-refractivity contribution is 0.371. The van der Waals surface area contributed by atoms with E-state index in [2.05, 4.69) is 16.5 Å². The third-order valence-corrected chi connectivity index (χ3v) is 2.79. The van der Waals surface area contributed by atoms with Gasteiger partial charge in [-0.25, -0.2) is 4.98 Å². The monoisotopic (exact) mass is 232 g/mol. The largest absolute Gasteiger partial charge is 0.504 e. The molecule has 1 aromatic heterocycles. The summed E-state index contributed by atoms with van der Waals surface area (Å²) in [7, 11) is 1.55. The van der Waals surface area contributed by atoms with Gasteiger partial charge < -0.3 is 14.4 Å². The van der Waals surface area contributed by atoms with Crippen LogP contribution in [-0.4, -0.2) is 21.8 Å². The van der Waals surface area contributed by atoms with Crippen molar-refractivity contribution in [3.8, 4) is 11.5 Å². The molecule has 1 aromatic carbocycles. The summed E-state index contributed by atoms with van der Waals surface area (Å²) in [6.45, 7) is 2.94. The number of imidazole rings is 1. The van der Waals surface area contributed by atoms with Crippen LogP contribution in [0.25, 0.3) is 0 Å². The van der Waals surface area contributed by atoms with E-state index in [1.807, 2.05) is 18.3 Å². The molecule has 0 bridgehead atoms. The number of phenols is 1. The molecule has 1 N–H and O–H groups in total. The maximum absolute atomic E-state index is 9.99. The van der Waals surface area contributed by atoms with Crippen molar-refractivity contribution in [3.63, 3.8) is 0 Å². The lowest BCUT2D eigenvalue weighted by Gasteiger charge is -2.09. The van der Waals surface area contributed by atoms with Crippen LogP contribution in [0.3, 0.4) is 0 Å². The van der Waals surface area contributed by atoms with Crippen LogP contribution in [0.5, 0.6) is 11.5 Å². The van der Waals surface area contributed by atoms with Crippen molar-refractivity contribution in [2.45, 2.75) is 19.9 Å². The van der Waals surface area contributed by atoms with Gasteiger partial charge >= 0.3 is 0 Å². The zero-order valence-corrected chi connectivity index (χ0v) is 10.1. The summed E-state index contributed by atoms with van der Waals surface area (Å²) in [4.78, 5) is 4.29. The van der Waals surface area contributed by atoms with Crippen LogP contribution in [0.15, 0.2) is 30.6 Å². The van der Waals surface area contributed by atoms with E-state index in [9.17, 15) is 5.11 Å². The van der Waals surface area contributed by atoms with Crippen molar-refractivity contribution in [2.24, 2.45) is 0 Å². The fraction of sp³-hybridized carbons (Fsp3) is 0.308. The van der Waals surface area contributed by atoms with Gasteiger partial charge in [0.1, 0.15) is 5.82 Å². The Morgan fingerprint density at radius 1 is 1.41 bits per heavy atom. The van der Waals surface area contributed by atoms with Gasteiger partial charge in [0.25, 0.3) is 0 Å². The van der Waals surface area contributed by atoms with E-state index < -0.39 is 0 Å². The van der Waals surface area contributed by atoms with Gasteiger partial charge in [-0.2, -0.15) is 0 Å². The van der Waals surface area contributed by atoms with E-state index in [1.54, 1.807) is 19.4 Å². The quantitative estimate of drug-likeness (QED) is 0.879. The Labute approximate surface area is 100 Å². The molecule has 0 atom stereocenters. The number of benzene rings is 1. The molecule has 4 heteroatoms. The number of methoxy groups -OCH3 is 1. The average molecular weight is 232 g/mol. The van der Waals surface area contributed by atoms with E-state index in [1.165, 1.54) is 0 Å². The fourth-order valence-corrected chi connectivity index (χ4v) is 1.84. The van der Waals surface area contributed by atoms with Gasteiger partial charge in [-0.3, -0.25) is 0 Å². The molecule has 0 aliphatic rings. The van der Waals surface area contributed by atoms with Crippen LogP contribution in [-0.2, 0) is 13.0 Å². The summed E-state index contributed by atoms with van der Waals surface area (Å²) in [6, 6.07) is 5.49. The number of aryl methyl sites for hydroxylation is 1. The second-order valence-electron chi connectivity index (χ2n) is 3.77. The van der Waals surface area contributed by atoms with Crippen LogP contribution in [0.4, 0.5) is 0 Å². The number of aromatic nitrogens is 2. The van der Waals surface area contributed by atoms with Crippen molar-refractivity contribution >= 4 is 0 Å². The van der Waals surface area contributed by atoms with Crippen molar-refractivity contribution < 1.29 is 9.84 Å². The molecule has 0 aliphatic carbocycles. The summed E-state index contributed by atoms with van der Waals surface area (Å²) in [5, 5.41) is 9.99. The lowest BCUT2D eigenvalue weighted by Crippen LogP contribution is -2.02. The molecule has 0 radical (unpaired) electrons. The Morgan fingerprint density at radius 2 is 2.24 bits per heavy atom. The first-order valence-corrected chi connectivity index (χ1v) is 5.61. The number of hydrogen-bond donors (Lipinski definition) is 1. The van der Waals surface area contributed by atoms with Gasteiger partial charge in [-0.1, -0.05) is 12.1 Å². The zero-order valence-electron chi connectivity index (χ0n) is 10.1.